The summed E-state index contributed by atoms with van der Waals surface area (Å²) in [5.41, 5.74) is 6.83. The fourth-order valence-corrected chi connectivity index (χ4v) is 3.84. The number of carbonyl (C=O) groups excluding carboxylic acids is 2. The lowest BCUT2D eigenvalue weighted by Crippen LogP contribution is -2.45. The molecule has 2 aliphatic rings. The van der Waals surface area contributed by atoms with Crippen molar-refractivity contribution in [3.63, 3.8) is 0 Å². The molecule has 0 radical (unpaired) electrons. The zero-order valence-corrected chi connectivity index (χ0v) is 14.1. The largest absolute Gasteiger partial charge is 0.342 e. The summed E-state index contributed by atoms with van der Waals surface area (Å²) >= 11 is 0. The number of benzene rings is 1. The Morgan fingerprint density at radius 3 is 2.38 bits per heavy atom. The van der Waals surface area contributed by atoms with Crippen LogP contribution in [0.15, 0.2) is 30.3 Å². The maximum absolute atomic E-state index is 12.6. The quantitative estimate of drug-likeness (QED) is 0.894. The van der Waals surface area contributed by atoms with Crippen molar-refractivity contribution in [2.45, 2.75) is 44.6 Å². The predicted molar refractivity (Wildman–Crippen MR) is 94.3 cm³/mol. The van der Waals surface area contributed by atoms with Gasteiger partial charge >= 0.3 is 0 Å². The van der Waals surface area contributed by atoms with Crippen molar-refractivity contribution in [2.24, 2.45) is 17.6 Å². The number of hydrogen-bond acceptors (Lipinski definition) is 3. The van der Waals surface area contributed by atoms with Crippen molar-refractivity contribution in [3.05, 3.63) is 30.3 Å². The van der Waals surface area contributed by atoms with Crippen LogP contribution in [0.2, 0.25) is 0 Å². The second-order valence-corrected chi connectivity index (χ2v) is 7.08. The molecule has 5 heteroatoms. The molecule has 2 atom stereocenters. The number of likely N-dealkylation sites (tertiary alicyclic amines) is 1. The number of anilines is 1. The van der Waals surface area contributed by atoms with Crippen molar-refractivity contribution in [3.8, 4) is 0 Å². The van der Waals surface area contributed by atoms with Gasteiger partial charge in [0.1, 0.15) is 0 Å². The number of amides is 2. The van der Waals surface area contributed by atoms with E-state index in [0.29, 0.717) is 13.1 Å². The van der Waals surface area contributed by atoms with Crippen molar-refractivity contribution in [1.82, 2.24) is 4.90 Å². The highest BCUT2D eigenvalue weighted by atomic mass is 16.2. The van der Waals surface area contributed by atoms with Gasteiger partial charge < -0.3 is 16.0 Å². The Labute approximate surface area is 143 Å². The molecule has 0 spiro atoms. The van der Waals surface area contributed by atoms with Gasteiger partial charge in [-0.3, -0.25) is 9.59 Å². The lowest BCUT2D eigenvalue weighted by molar-refractivity contribution is -0.139. The molecule has 130 valence electrons. The monoisotopic (exact) mass is 329 g/mol. The van der Waals surface area contributed by atoms with Crippen LogP contribution in [0.3, 0.4) is 0 Å². The summed E-state index contributed by atoms with van der Waals surface area (Å²) in [6.45, 7) is 1.36. The van der Waals surface area contributed by atoms with Crippen LogP contribution in [0, 0.1) is 11.8 Å². The molecule has 1 aromatic rings. The number of nitrogens with one attached hydrogen (secondary N) is 1. The van der Waals surface area contributed by atoms with Crippen LogP contribution in [0.4, 0.5) is 5.69 Å². The van der Waals surface area contributed by atoms with Crippen molar-refractivity contribution in [2.75, 3.05) is 18.4 Å². The maximum Gasteiger partial charge on any atom is 0.227 e. The number of carbonyl (C=O) groups is 2. The average Bonchev–Trinajstić information content (AvgIpc) is 2.62. The first-order valence-corrected chi connectivity index (χ1v) is 9.04. The molecule has 1 aliphatic heterocycles. The molecule has 1 aliphatic carbocycles. The van der Waals surface area contributed by atoms with Gasteiger partial charge in [0.2, 0.25) is 11.8 Å². The standard InChI is InChI=1S/C19H27N3O2/c20-16-6-4-5-15(13-16)19(24)22-11-9-14(10-12-22)18(23)21-17-7-2-1-3-8-17/h1-3,7-8,14-16H,4-6,9-13,20H2,(H,21,23). The van der Waals surface area contributed by atoms with Gasteiger partial charge in [0.05, 0.1) is 0 Å². The molecule has 1 saturated carbocycles. The molecule has 24 heavy (non-hydrogen) atoms. The van der Waals surface area contributed by atoms with Crippen LogP contribution in [-0.4, -0.2) is 35.8 Å². The van der Waals surface area contributed by atoms with E-state index in [9.17, 15) is 9.59 Å². The Bertz CT molecular complexity index is 567. The van der Waals surface area contributed by atoms with Crippen LogP contribution in [-0.2, 0) is 9.59 Å². The van der Waals surface area contributed by atoms with Gasteiger partial charge in [0, 0.05) is 36.7 Å². The summed E-state index contributed by atoms with van der Waals surface area (Å²) in [4.78, 5) is 26.9. The van der Waals surface area contributed by atoms with E-state index in [4.69, 9.17) is 5.73 Å². The number of rotatable bonds is 3. The minimum absolute atomic E-state index is 0.0112. The average molecular weight is 329 g/mol. The van der Waals surface area contributed by atoms with Gasteiger partial charge in [-0.05, 0) is 44.2 Å². The summed E-state index contributed by atoms with van der Waals surface area (Å²) < 4.78 is 0. The molecule has 2 amide bonds. The molecular weight excluding hydrogens is 302 g/mol. The Balaban J connectivity index is 1.48. The van der Waals surface area contributed by atoms with Crippen LogP contribution >= 0.6 is 0 Å². The van der Waals surface area contributed by atoms with Gasteiger partial charge in [-0.2, -0.15) is 0 Å². The molecule has 2 unspecified atom stereocenters. The Morgan fingerprint density at radius 1 is 1.00 bits per heavy atom. The Hall–Kier alpha value is -1.88. The summed E-state index contributed by atoms with van der Waals surface area (Å²) in [6.07, 6.45) is 5.33. The number of nitrogens with zero attached hydrogens (tertiary/aromatic N) is 1. The molecule has 3 rings (SSSR count). The zero-order valence-electron chi connectivity index (χ0n) is 14.1. The van der Waals surface area contributed by atoms with Gasteiger partial charge in [0.15, 0.2) is 0 Å². The highest BCUT2D eigenvalue weighted by molar-refractivity contribution is 5.92. The summed E-state index contributed by atoms with van der Waals surface area (Å²) in [6, 6.07) is 9.70. The van der Waals surface area contributed by atoms with E-state index in [-0.39, 0.29) is 29.7 Å². The third-order valence-corrected chi connectivity index (χ3v) is 5.28. The highest BCUT2D eigenvalue weighted by Gasteiger charge is 2.32. The van der Waals surface area contributed by atoms with Crippen molar-refractivity contribution >= 4 is 17.5 Å². The Morgan fingerprint density at radius 2 is 1.71 bits per heavy atom. The SMILES string of the molecule is NC1CCCC(C(=O)N2CCC(C(=O)Nc3ccccc3)CC2)C1. The summed E-state index contributed by atoms with van der Waals surface area (Å²) in [5, 5.41) is 2.97. The van der Waals surface area contributed by atoms with Gasteiger partial charge in [-0.15, -0.1) is 0 Å². The van der Waals surface area contributed by atoms with Crippen molar-refractivity contribution < 1.29 is 9.59 Å². The summed E-state index contributed by atoms with van der Waals surface area (Å²) in [5.74, 6) is 0.381. The van der Waals surface area contributed by atoms with E-state index in [1.807, 2.05) is 35.2 Å². The van der Waals surface area contributed by atoms with Crippen LogP contribution in [0.1, 0.15) is 38.5 Å². The molecule has 5 nitrogen and oxygen atoms in total. The molecule has 1 saturated heterocycles. The van der Waals surface area contributed by atoms with E-state index < -0.39 is 0 Å². The molecule has 0 aromatic heterocycles. The van der Waals surface area contributed by atoms with E-state index in [1.54, 1.807) is 0 Å². The first-order chi connectivity index (χ1) is 11.6. The maximum atomic E-state index is 12.6. The normalized spacial score (nSPS) is 25.3. The third kappa shape index (κ3) is 4.15. The van der Waals surface area contributed by atoms with E-state index in [2.05, 4.69) is 5.32 Å². The van der Waals surface area contributed by atoms with Gasteiger partial charge in [-0.25, -0.2) is 0 Å². The molecule has 0 bridgehead atoms. The van der Waals surface area contributed by atoms with Gasteiger partial charge in [0.25, 0.3) is 0 Å². The fourth-order valence-electron chi connectivity index (χ4n) is 3.84. The second kappa shape index (κ2) is 7.79. The number of nitrogens with two attached hydrogens (primary N) is 1. The first kappa shape index (κ1) is 17.0. The third-order valence-electron chi connectivity index (χ3n) is 5.28. The Kier molecular flexibility index (Phi) is 5.51. The fraction of sp³-hybridized carbons (Fsp3) is 0.579. The van der Waals surface area contributed by atoms with E-state index >= 15 is 0 Å². The molecular formula is C19H27N3O2. The molecule has 1 aromatic carbocycles. The number of para-hydroxylation sites is 1. The number of hydrogen-bond donors (Lipinski definition) is 2. The van der Waals surface area contributed by atoms with E-state index in [1.165, 1.54) is 0 Å². The topological polar surface area (TPSA) is 75.4 Å². The van der Waals surface area contributed by atoms with Crippen LogP contribution in [0.25, 0.3) is 0 Å². The van der Waals surface area contributed by atoms with Gasteiger partial charge in [-0.1, -0.05) is 24.6 Å². The lowest BCUT2D eigenvalue weighted by Gasteiger charge is -2.35. The molecule has 2 fully saturated rings. The minimum Gasteiger partial charge on any atom is -0.342 e. The molecule has 1 heterocycles. The van der Waals surface area contributed by atoms with Crippen molar-refractivity contribution in [1.29, 1.82) is 0 Å². The zero-order chi connectivity index (χ0) is 16.9. The predicted octanol–water partition coefficient (Wildman–Crippen LogP) is 2.38. The lowest BCUT2D eigenvalue weighted by atomic mass is 9.84. The second-order valence-electron chi connectivity index (χ2n) is 7.08. The number of piperidine rings is 1. The summed E-state index contributed by atoms with van der Waals surface area (Å²) in [7, 11) is 0. The van der Waals surface area contributed by atoms with Crippen LogP contribution < -0.4 is 11.1 Å². The molecule has 3 N–H and O–H groups in total. The smallest absolute Gasteiger partial charge is 0.227 e. The van der Waals surface area contributed by atoms with E-state index in [0.717, 1.165) is 44.2 Å². The first-order valence-electron chi connectivity index (χ1n) is 9.04. The van der Waals surface area contributed by atoms with Crippen LogP contribution in [0.5, 0.6) is 0 Å². The minimum atomic E-state index is -0.0112. The highest BCUT2D eigenvalue weighted by Crippen LogP contribution is 2.27.